The number of anilines is 1. The lowest BCUT2D eigenvalue weighted by molar-refractivity contribution is -0.130. The third kappa shape index (κ3) is 3.05. The molecule has 110 valence electrons. The Labute approximate surface area is 125 Å². The number of thiophene rings is 1. The SMILES string of the molecule is O=C(CNc1cc(F)ccc1F)N1CCc2sccc2C1. The van der Waals surface area contributed by atoms with Crippen LogP contribution in [0.25, 0.3) is 0 Å². The standard InChI is InChI=1S/C15H14F2N2OS/c16-11-1-2-12(17)13(7-11)18-8-15(20)19-5-3-14-10(9-19)4-6-21-14/h1-2,4,6-7,18H,3,5,8-9H2. The van der Waals surface area contributed by atoms with Gasteiger partial charge in [-0.15, -0.1) is 11.3 Å². The van der Waals surface area contributed by atoms with Gasteiger partial charge in [-0.3, -0.25) is 4.79 Å². The molecule has 0 radical (unpaired) electrons. The quantitative estimate of drug-likeness (QED) is 0.945. The van der Waals surface area contributed by atoms with Crippen molar-refractivity contribution >= 4 is 22.9 Å². The number of carbonyl (C=O) groups is 1. The van der Waals surface area contributed by atoms with E-state index >= 15 is 0 Å². The molecule has 0 atom stereocenters. The fourth-order valence-electron chi connectivity index (χ4n) is 2.38. The second-order valence-corrected chi connectivity index (χ2v) is 5.91. The number of halogens is 2. The molecule has 1 N–H and O–H groups in total. The predicted octanol–water partition coefficient (Wildman–Crippen LogP) is 3.02. The first-order chi connectivity index (χ1) is 10.1. The van der Waals surface area contributed by atoms with E-state index in [-0.39, 0.29) is 18.1 Å². The Morgan fingerprint density at radius 1 is 1.33 bits per heavy atom. The number of nitrogens with one attached hydrogen (secondary N) is 1. The summed E-state index contributed by atoms with van der Waals surface area (Å²) < 4.78 is 26.5. The van der Waals surface area contributed by atoms with Gasteiger partial charge in [-0.1, -0.05) is 0 Å². The molecule has 0 saturated carbocycles. The van der Waals surface area contributed by atoms with E-state index in [0.717, 1.165) is 24.6 Å². The first-order valence-electron chi connectivity index (χ1n) is 6.65. The zero-order chi connectivity index (χ0) is 14.8. The minimum absolute atomic E-state index is 0.0107. The summed E-state index contributed by atoms with van der Waals surface area (Å²) in [6, 6.07) is 5.17. The van der Waals surface area contributed by atoms with Gasteiger partial charge in [0, 0.05) is 18.0 Å². The van der Waals surface area contributed by atoms with Crippen molar-refractivity contribution < 1.29 is 13.6 Å². The molecule has 2 aromatic rings. The van der Waals surface area contributed by atoms with E-state index in [4.69, 9.17) is 0 Å². The van der Waals surface area contributed by atoms with E-state index in [1.54, 1.807) is 16.2 Å². The van der Waals surface area contributed by atoms with Crippen LogP contribution in [0, 0.1) is 11.6 Å². The molecule has 0 unspecified atom stereocenters. The third-order valence-electron chi connectivity index (χ3n) is 3.52. The summed E-state index contributed by atoms with van der Waals surface area (Å²) in [6.07, 6.45) is 0.854. The van der Waals surface area contributed by atoms with Crippen LogP contribution in [0.4, 0.5) is 14.5 Å². The van der Waals surface area contributed by atoms with Crippen LogP contribution in [-0.4, -0.2) is 23.9 Å². The first-order valence-corrected chi connectivity index (χ1v) is 7.53. The lowest BCUT2D eigenvalue weighted by Gasteiger charge is -2.27. The summed E-state index contributed by atoms with van der Waals surface area (Å²) in [4.78, 5) is 15.2. The van der Waals surface area contributed by atoms with Gasteiger partial charge in [-0.2, -0.15) is 0 Å². The van der Waals surface area contributed by atoms with Crippen molar-refractivity contribution in [1.29, 1.82) is 0 Å². The normalized spacial score (nSPS) is 13.9. The van der Waals surface area contributed by atoms with E-state index < -0.39 is 11.6 Å². The van der Waals surface area contributed by atoms with Crippen LogP contribution in [0.15, 0.2) is 29.6 Å². The van der Waals surface area contributed by atoms with E-state index in [9.17, 15) is 13.6 Å². The predicted molar refractivity (Wildman–Crippen MR) is 78.3 cm³/mol. The molecule has 1 amide bonds. The summed E-state index contributed by atoms with van der Waals surface area (Å²) in [6.45, 7) is 1.21. The summed E-state index contributed by atoms with van der Waals surface area (Å²) in [5.41, 5.74) is 1.19. The number of hydrogen-bond donors (Lipinski definition) is 1. The molecule has 0 saturated heterocycles. The average Bonchev–Trinajstić information content (AvgIpc) is 2.95. The highest BCUT2D eigenvalue weighted by molar-refractivity contribution is 7.10. The maximum atomic E-state index is 13.5. The molecule has 3 nitrogen and oxygen atoms in total. The molecule has 0 aliphatic carbocycles. The van der Waals surface area contributed by atoms with Crippen molar-refractivity contribution in [3.05, 3.63) is 51.7 Å². The van der Waals surface area contributed by atoms with Gasteiger partial charge in [0.15, 0.2) is 0 Å². The number of carbonyl (C=O) groups excluding carboxylic acids is 1. The Morgan fingerprint density at radius 3 is 3.05 bits per heavy atom. The number of rotatable bonds is 3. The zero-order valence-corrected chi connectivity index (χ0v) is 12.1. The molecule has 3 rings (SSSR count). The summed E-state index contributed by atoms with van der Waals surface area (Å²) in [5.74, 6) is -1.22. The van der Waals surface area contributed by atoms with Gasteiger partial charge in [0.05, 0.1) is 12.2 Å². The lowest BCUT2D eigenvalue weighted by Crippen LogP contribution is -2.38. The summed E-state index contributed by atoms with van der Waals surface area (Å²) in [7, 11) is 0. The Morgan fingerprint density at radius 2 is 2.19 bits per heavy atom. The molecule has 1 aromatic heterocycles. The van der Waals surface area contributed by atoms with Crippen molar-refractivity contribution in [3.8, 4) is 0 Å². The number of hydrogen-bond acceptors (Lipinski definition) is 3. The maximum Gasteiger partial charge on any atom is 0.242 e. The third-order valence-corrected chi connectivity index (χ3v) is 4.54. The van der Waals surface area contributed by atoms with Gasteiger partial charge >= 0.3 is 0 Å². The van der Waals surface area contributed by atoms with Crippen molar-refractivity contribution in [2.75, 3.05) is 18.4 Å². The van der Waals surface area contributed by atoms with Gasteiger partial charge in [0.1, 0.15) is 11.6 Å². The molecule has 1 aliphatic heterocycles. The van der Waals surface area contributed by atoms with Crippen LogP contribution in [0.3, 0.4) is 0 Å². The first kappa shape index (κ1) is 14.0. The van der Waals surface area contributed by atoms with Crippen LogP contribution in [0.1, 0.15) is 10.4 Å². The van der Waals surface area contributed by atoms with Crippen LogP contribution in [-0.2, 0) is 17.8 Å². The molecule has 0 spiro atoms. The number of nitrogens with zero attached hydrogens (tertiary/aromatic N) is 1. The van der Waals surface area contributed by atoms with Crippen molar-refractivity contribution in [2.45, 2.75) is 13.0 Å². The molecule has 2 heterocycles. The van der Waals surface area contributed by atoms with Crippen molar-refractivity contribution in [1.82, 2.24) is 4.90 Å². The largest absolute Gasteiger partial charge is 0.374 e. The lowest BCUT2D eigenvalue weighted by atomic mass is 10.1. The minimum Gasteiger partial charge on any atom is -0.374 e. The van der Waals surface area contributed by atoms with Crippen LogP contribution in [0.2, 0.25) is 0 Å². The summed E-state index contributed by atoms with van der Waals surface area (Å²) >= 11 is 1.71. The van der Waals surface area contributed by atoms with Gasteiger partial charge in [-0.25, -0.2) is 8.78 Å². The van der Waals surface area contributed by atoms with Crippen LogP contribution < -0.4 is 5.32 Å². The van der Waals surface area contributed by atoms with Crippen LogP contribution in [0.5, 0.6) is 0 Å². The second kappa shape index (κ2) is 5.81. The highest BCUT2D eigenvalue weighted by Crippen LogP contribution is 2.24. The molecular formula is C15H14F2N2OS. The Kier molecular flexibility index (Phi) is 3.88. The van der Waals surface area contributed by atoms with E-state index in [1.165, 1.54) is 10.4 Å². The van der Waals surface area contributed by atoms with Crippen LogP contribution >= 0.6 is 11.3 Å². The molecule has 6 heteroatoms. The zero-order valence-electron chi connectivity index (χ0n) is 11.2. The van der Waals surface area contributed by atoms with E-state index in [2.05, 4.69) is 5.32 Å². The van der Waals surface area contributed by atoms with E-state index in [0.29, 0.717) is 13.1 Å². The molecule has 1 aromatic carbocycles. The second-order valence-electron chi connectivity index (χ2n) is 4.91. The Bertz CT molecular complexity index is 671. The van der Waals surface area contributed by atoms with Gasteiger partial charge in [-0.05, 0) is 41.6 Å². The molecule has 21 heavy (non-hydrogen) atoms. The fourth-order valence-corrected chi connectivity index (χ4v) is 3.27. The van der Waals surface area contributed by atoms with Gasteiger partial charge < -0.3 is 10.2 Å². The molecule has 1 aliphatic rings. The fraction of sp³-hybridized carbons (Fsp3) is 0.267. The monoisotopic (exact) mass is 308 g/mol. The minimum atomic E-state index is -0.567. The maximum absolute atomic E-state index is 13.5. The smallest absolute Gasteiger partial charge is 0.242 e. The Hall–Kier alpha value is -1.95. The number of benzene rings is 1. The highest BCUT2D eigenvalue weighted by atomic mass is 32.1. The molecule has 0 fully saturated rings. The highest BCUT2D eigenvalue weighted by Gasteiger charge is 2.21. The van der Waals surface area contributed by atoms with Gasteiger partial charge in [0.2, 0.25) is 5.91 Å². The summed E-state index contributed by atoms with van der Waals surface area (Å²) in [5, 5.41) is 4.69. The number of amides is 1. The molecular weight excluding hydrogens is 294 g/mol. The Balaban J connectivity index is 1.61. The number of fused-ring (bicyclic) bond motifs is 1. The van der Waals surface area contributed by atoms with E-state index in [1.807, 2.05) is 11.4 Å². The van der Waals surface area contributed by atoms with Crippen molar-refractivity contribution in [3.63, 3.8) is 0 Å². The average molecular weight is 308 g/mol. The van der Waals surface area contributed by atoms with Crippen molar-refractivity contribution in [2.24, 2.45) is 0 Å². The topological polar surface area (TPSA) is 32.3 Å². The van der Waals surface area contributed by atoms with Gasteiger partial charge in [0.25, 0.3) is 0 Å². The molecule has 0 bridgehead atoms.